The highest BCUT2D eigenvalue weighted by Gasteiger charge is 2.71. The number of anilines is 1. The van der Waals surface area contributed by atoms with Gasteiger partial charge in [-0.15, -0.1) is 0 Å². The number of aliphatic hydroxyl groups excluding tert-OH is 1. The van der Waals surface area contributed by atoms with Gasteiger partial charge < -0.3 is 29.3 Å². The van der Waals surface area contributed by atoms with Crippen LogP contribution in [0.1, 0.15) is 19.3 Å². The molecule has 1 unspecified atom stereocenters. The van der Waals surface area contributed by atoms with Gasteiger partial charge in [-0.05, 0) is 31.4 Å². The van der Waals surface area contributed by atoms with Gasteiger partial charge in [-0.1, -0.05) is 42.5 Å². The summed E-state index contributed by atoms with van der Waals surface area (Å²) in [6.07, 6.45) is 9.12. The van der Waals surface area contributed by atoms with Gasteiger partial charge in [0.1, 0.15) is 11.6 Å². The number of para-hydroxylation sites is 1. The molecule has 1 spiro atoms. The quantitative estimate of drug-likeness (QED) is 0.354. The van der Waals surface area contributed by atoms with Crippen LogP contribution in [0, 0.1) is 11.8 Å². The Bertz CT molecular complexity index is 1180. The molecule has 6 rings (SSSR count). The SMILES string of the molecule is O=C1C2N(CCCCCO)C(=O)[C@@H]3[C@H]4C(=O)N(c5ccccc5)CC=C[C@H]4O[C@]23C=CCN1CCN1CCOCC1. The van der Waals surface area contributed by atoms with Crippen molar-refractivity contribution in [3.05, 3.63) is 54.6 Å². The van der Waals surface area contributed by atoms with Crippen LogP contribution in [-0.2, 0) is 23.9 Å². The molecule has 3 fully saturated rings. The first-order valence-corrected chi connectivity index (χ1v) is 14.9. The Balaban J connectivity index is 1.31. The Morgan fingerprint density at radius 1 is 0.878 bits per heavy atom. The first-order valence-electron chi connectivity index (χ1n) is 14.9. The molecule has 0 aromatic heterocycles. The Labute approximate surface area is 241 Å². The zero-order valence-corrected chi connectivity index (χ0v) is 23.5. The molecule has 1 N–H and O–H groups in total. The molecule has 0 saturated carbocycles. The van der Waals surface area contributed by atoms with Gasteiger partial charge in [0.25, 0.3) is 0 Å². The summed E-state index contributed by atoms with van der Waals surface area (Å²) in [6.45, 7) is 5.62. The van der Waals surface area contributed by atoms with Crippen LogP contribution < -0.4 is 4.90 Å². The van der Waals surface area contributed by atoms with Crippen molar-refractivity contribution >= 4 is 23.4 Å². The number of rotatable bonds is 9. The molecule has 1 aromatic rings. The lowest BCUT2D eigenvalue weighted by Crippen LogP contribution is -2.56. The molecule has 3 saturated heterocycles. The van der Waals surface area contributed by atoms with E-state index in [0.717, 1.165) is 31.7 Å². The van der Waals surface area contributed by atoms with Crippen molar-refractivity contribution < 1.29 is 29.0 Å². The van der Waals surface area contributed by atoms with E-state index in [0.29, 0.717) is 52.2 Å². The molecule has 5 atom stereocenters. The number of hydrogen-bond acceptors (Lipinski definition) is 7. The summed E-state index contributed by atoms with van der Waals surface area (Å²) in [4.78, 5) is 50.3. The van der Waals surface area contributed by atoms with E-state index >= 15 is 0 Å². The van der Waals surface area contributed by atoms with E-state index in [2.05, 4.69) is 4.90 Å². The minimum absolute atomic E-state index is 0.0872. The third kappa shape index (κ3) is 5.11. The lowest BCUT2D eigenvalue weighted by Gasteiger charge is -2.36. The average molecular weight is 565 g/mol. The zero-order valence-electron chi connectivity index (χ0n) is 23.5. The number of amides is 3. The molecule has 1 aromatic carbocycles. The summed E-state index contributed by atoms with van der Waals surface area (Å²) in [5.41, 5.74) is -0.443. The smallest absolute Gasteiger partial charge is 0.249 e. The maximum absolute atomic E-state index is 14.3. The molecule has 10 nitrogen and oxygen atoms in total. The second-order valence-corrected chi connectivity index (χ2v) is 11.5. The molecule has 0 aliphatic carbocycles. The molecule has 3 amide bonds. The predicted octanol–water partition coefficient (Wildman–Crippen LogP) is 1.06. The molecule has 0 radical (unpaired) electrons. The molecular formula is C31H40N4O6. The van der Waals surface area contributed by atoms with Crippen LogP contribution in [0.2, 0.25) is 0 Å². The lowest BCUT2D eigenvalue weighted by molar-refractivity contribution is -0.147. The van der Waals surface area contributed by atoms with Gasteiger partial charge in [0.05, 0.1) is 31.2 Å². The van der Waals surface area contributed by atoms with Crippen LogP contribution >= 0.6 is 0 Å². The fourth-order valence-electron chi connectivity index (χ4n) is 7.12. The number of likely N-dealkylation sites (tertiary alicyclic amines) is 1. The van der Waals surface area contributed by atoms with E-state index in [4.69, 9.17) is 9.47 Å². The molecule has 5 aliphatic rings. The largest absolute Gasteiger partial charge is 0.396 e. The van der Waals surface area contributed by atoms with Gasteiger partial charge >= 0.3 is 0 Å². The van der Waals surface area contributed by atoms with Gasteiger partial charge in [0.15, 0.2) is 0 Å². The van der Waals surface area contributed by atoms with Gasteiger partial charge in [-0.3, -0.25) is 19.3 Å². The summed E-state index contributed by atoms with van der Waals surface area (Å²) in [5.74, 6) is -2.01. The van der Waals surface area contributed by atoms with Crippen molar-refractivity contribution in [2.24, 2.45) is 11.8 Å². The maximum atomic E-state index is 14.3. The van der Waals surface area contributed by atoms with E-state index in [1.165, 1.54) is 0 Å². The molecule has 5 aliphatic heterocycles. The summed E-state index contributed by atoms with van der Waals surface area (Å²) in [7, 11) is 0. The number of benzene rings is 1. The van der Waals surface area contributed by atoms with Crippen LogP contribution in [0.4, 0.5) is 5.69 Å². The molecule has 41 heavy (non-hydrogen) atoms. The predicted molar refractivity (Wildman–Crippen MR) is 152 cm³/mol. The van der Waals surface area contributed by atoms with Crippen LogP contribution in [0.15, 0.2) is 54.6 Å². The maximum Gasteiger partial charge on any atom is 0.249 e. The number of carbonyl (C=O) groups is 3. The number of hydrogen-bond donors (Lipinski definition) is 1. The van der Waals surface area contributed by atoms with Crippen molar-refractivity contribution in [3.63, 3.8) is 0 Å². The summed E-state index contributed by atoms with van der Waals surface area (Å²) in [5, 5.41) is 9.28. The van der Waals surface area contributed by atoms with E-state index in [9.17, 15) is 19.5 Å². The third-order valence-electron chi connectivity index (χ3n) is 9.16. The second-order valence-electron chi connectivity index (χ2n) is 11.5. The summed E-state index contributed by atoms with van der Waals surface area (Å²) in [6, 6.07) is 8.65. The monoisotopic (exact) mass is 564 g/mol. The summed E-state index contributed by atoms with van der Waals surface area (Å²) < 4.78 is 12.2. The second kappa shape index (κ2) is 12.1. The van der Waals surface area contributed by atoms with Crippen LogP contribution in [0.5, 0.6) is 0 Å². The molecule has 0 bridgehead atoms. The Morgan fingerprint density at radius 3 is 2.46 bits per heavy atom. The van der Waals surface area contributed by atoms with Crippen LogP contribution in [0.3, 0.4) is 0 Å². The standard InChI is InChI=1S/C31H40N4O6/c36-20-6-2-5-14-35-27-30(39)33(17-16-32-18-21-40-22-19-32)13-8-12-31(27)26(29(35)38)25-24(41-31)11-7-15-34(28(25)37)23-9-3-1-4-10-23/h1,3-4,7-12,24-27,36H,2,5-6,13-22H2/t24-,25+,26+,27?,31+/m1/s1. The fourth-order valence-corrected chi connectivity index (χ4v) is 7.12. The number of aliphatic hydroxyl groups is 1. The Hall–Kier alpha value is -3.05. The highest BCUT2D eigenvalue weighted by molar-refractivity contribution is 6.03. The molecular weight excluding hydrogens is 524 g/mol. The first kappa shape index (κ1) is 28.1. The normalized spacial score (nSPS) is 31.7. The minimum Gasteiger partial charge on any atom is -0.396 e. The van der Waals surface area contributed by atoms with Gasteiger partial charge in [0.2, 0.25) is 17.7 Å². The van der Waals surface area contributed by atoms with E-state index < -0.39 is 29.6 Å². The third-order valence-corrected chi connectivity index (χ3v) is 9.16. The number of fused-ring (bicyclic) bond motifs is 2. The first-order chi connectivity index (χ1) is 20.0. The summed E-state index contributed by atoms with van der Waals surface area (Å²) >= 11 is 0. The zero-order chi connectivity index (χ0) is 28.4. The number of carbonyl (C=O) groups excluding carboxylic acids is 3. The fraction of sp³-hybridized carbons (Fsp3) is 0.581. The average Bonchev–Trinajstić information content (AvgIpc) is 3.31. The topological polar surface area (TPSA) is 103 Å². The van der Waals surface area contributed by atoms with Gasteiger partial charge in [-0.2, -0.15) is 0 Å². The van der Waals surface area contributed by atoms with Crippen molar-refractivity contribution in [1.29, 1.82) is 0 Å². The Kier molecular flexibility index (Phi) is 8.26. The van der Waals surface area contributed by atoms with E-state index in [1.807, 2.05) is 59.5 Å². The minimum atomic E-state index is -1.21. The number of nitrogens with zero attached hydrogens (tertiary/aromatic N) is 4. The van der Waals surface area contributed by atoms with Crippen molar-refractivity contribution in [3.8, 4) is 0 Å². The Morgan fingerprint density at radius 2 is 1.68 bits per heavy atom. The molecule has 220 valence electrons. The number of unbranched alkanes of at least 4 members (excludes halogenated alkanes) is 2. The van der Waals surface area contributed by atoms with Crippen LogP contribution in [0.25, 0.3) is 0 Å². The van der Waals surface area contributed by atoms with Gasteiger partial charge in [-0.25, -0.2) is 0 Å². The van der Waals surface area contributed by atoms with Gasteiger partial charge in [0, 0.05) is 58.1 Å². The lowest BCUT2D eigenvalue weighted by atomic mass is 9.77. The highest BCUT2D eigenvalue weighted by Crippen LogP contribution is 2.53. The van der Waals surface area contributed by atoms with E-state index in [-0.39, 0.29) is 24.3 Å². The van der Waals surface area contributed by atoms with Crippen molar-refractivity contribution in [2.45, 2.75) is 37.0 Å². The van der Waals surface area contributed by atoms with Crippen LogP contribution in [-0.4, -0.2) is 121 Å². The highest BCUT2D eigenvalue weighted by atomic mass is 16.5. The number of morpholine rings is 1. The van der Waals surface area contributed by atoms with E-state index in [1.54, 1.807) is 9.80 Å². The van der Waals surface area contributed by atoms with Crippen molar-refractivity contribution in [1.82, 2.24) is 14.7 Å². The number of ether oxygens (including phenoxy) is 2. The molecule has 5 heterocycles. The van der Waals surface area contributed by atoms with Crippen molar-refractivity contribution in [2.75, 3.05) is 70.5 Å². The molecule has 10 heteroatoms.